The smallest absolute Gasteiger partial charge is 0.259 e. The number of ether oxygens (including phenoxy) is 1. The van der Waals surface area contributed by atoms with Gasteiger partial charge in [-0.2, -0.15) is 5.10 Å². The van der Waals surface area contributed by atoms with Gasteiger partial charge in [-0.25, -0.2) is 5.43 Å². The van der Waals surface area contributed by atoms with Gasteiger partial charge in [0.15, 0.2) is 0 Å². The molecule has 2 aromatic carbocycles. The van der Waals surface area contributed by atoms with Crippen LogP contribution in [0.2, 0.25) is 0 Å². The molecule has 0 saturated carbocycles. The Hall–Kier alpha value is -3.15. The number of amides is 2. The molecule has 0 saturated heterocycles. The Bertz CT molecular complexity index is 712. The van der Waals surface area contributed by atoms with Crippen LogP contribution in [0.5, 0.6) is 5.75 Å². The fraction of sp³-hybridized carbons (Fsp3) is 0.211. The van der Waals surface area contributed by atoms with Crippen LogP contribution in [-0.2, 0) is 16.0 Å². The predicted octanol–water partition coefficient (Wildman–Crippen LogP) is 1.89. The molecule has 0 aliphatic carbocycles. The first-order chi connectivity index (χ1) is 12.2. The van der Waals surface area contributed by atoms with E-state index in [0.29, 0.717) is 6.61 Å². The van der Waals surface area contributed by atoms with E-state index >= 15 is 0 Å². The number of nitrogens with one attached hydrogen (secondary N) is 2. The highest BCUT2D eigenvalue weighted by Crippen LogP contribution is 2.10. The van der Waals surface area contributed by atoms with E-state index in [1.807, 2.05) is 61.5 Å². The van der Waals surface area contributed by atoms with Crippen LogP contribution in [0.15, 0.2) is 59.7 Å². The molecule has 2 aromatic rings. The molecule has 0 fully saturated rings. The minimum Gasteiger partial charge on any atom is -0.494 e. The molecule has 0 unspecified atom stereocenters. The summed E-state index contributed by atoms with van der Waals surface area (Å²) in [7, 11) is 0. The molecule has 6 nitrogen and oxygen atoms in total. The number of hydrogen-bond acceptors (Lipinski definition) is 4. The number of hydrazone groups is 1. The van der Waals surface area contributed by atoms with E-state index in [9.17, 15) is 9.59 Å². The standard InChI is InChI=1S/C19H21N3O3/c1-2-25-17-10-8-16(9-11-17)13-21-22-19(24)14-20-18(23)12-15-6-4-3-5-7-15/h3-11,13H,2,12,14H2,1H3,(H,20,23)(H,22,24)/b21-13+. The first-order valence-corrected chi connectivity index (χ1v) is 8.02. The zero-order valence-corrected chi connectivity index (χ0v) is 14.1. The average molecular weight is 339 g/mol. The summed E-state index contributed by atoms with van der Waals surface area (Å²) in [5.74, 6) is 0.185. The molecule has 0 atom stereocenters. The molecule has 0 aliphatic heterocycles. The lowest BCUT2D eigenvalue weighted by atomic mass is 10.1. The fourth-order valence-electron chi connectivity index (χ4n) is 2.06. The summed E-state index contributed by atoms with van der Waals surface area (Å²) in [5.41, 5.74) is 4.10. The zero-order valence-electron chi connectivity index (χ0n) is 14.1. The third kappa shape index (κ3) is 6.87. The molecule has 0 spiro atoms. The van der Waals surface area contributed by atoms with Crippen molar-refractivity contribution >= 4 is 18.0 Å². The maximum atomic E-state index is 11.8. The normalized spacial score (nSPS) is 10.4. The molecule has 2 amide bonds. The first kappa shape index (κ1) is 18.2. The number of carbonyl (C=O) groups excluding carboxylic acids is 2. The van der Waals surface area contributed by atoms with Crippen molar-refractivity contribution in [1.29, 1.82) is 0 Å². The van der Waals surface area contributed by atoms with Crippen LogP contribution in [0, 0.1) is 0 Å². The number of rotatable bonds is 8. The van der Waals surface area contributed by atoms with Crippen LogP contribution >= 0.6 is 0 Å². The van der Waals surface area contributed by atoms with Crippen molar-refractivity contribution < 1.29 is 14.3 Å². The molecule has 0 heterocycles. The van der Waals surface area contributed by atoms with Gasteiger partial charge in [0.2, 0.25) is 5.91 Å². The van der Waals surface area contributed by atoms with Crippen molar-refractivity contribution in [2.24, 2.45) is 5.10 Å². The highest BCUT2D eigenvalue weighted by Gasteiger charge is 2.05. The number of carbonyl (C=O) groups is 2. The Labute approximate surface area is 146 Å². The monoisotopic (exact) mass is 339 g/mol. The maximum absolute atomic E-state index is 11.8. The predicted molar refractivity (Wildman–Crippen MR) is 96.5 cm³/mol. The summed E-state index contributed by atoms with van der Waals surface area (Å²) in [6.07, 6.45) is 1.77. The van der Waals surface area contributed by atoms with Gasteiger partial charge in [-0.05, 0) is 42.3 Å². The van der Waals surface area contributed by atoms with E-state index in [1.165, 1.54) is 6.21 Å². The summed E-state index contributed by atoms with van der Waals surface area (Å²) in [5, 5.41) is 6.42. The largest absolute Gasteiger partial charge is 0.494 e. The lowest BCUT2D eigenvalue weighted by Crippen LogP contribution is -2.35. The van der Waals surface area contributed by atoms with Crippen molar-refractivity contribution in [3.8, 4) is 5.75 Å². The van der Waals surface area contributed by atoms with E-state index < -0.39 is 0 Å². The van der Waals surface area contributed by atoms with Crippen LogP contribution in [0.25, 0.3) is 0 Å². The number of benzene rings is 2. The second-order valence-corrected chi connectivity index (χ2v) is 5.23. The summed E-state index contributed by atoms with van der Waals surface area (Å²) >= 11 is 0. The molecule has 0 radical (unpaired) electrons. The summed E-state index contributed by atoms with van der Waals surface area (Å²) in [6.45, 7) is 2.41. The Kier molecular flexibility index (Phi) is 7.18. The lowest BCUT2D eigenvalue weighted by Gasteiger charge is -2.04. The molecule has 6 heteroatoms. The highest BCUT2D eigenvalue weighted by molar-refractivity contribution is 5.87. The van der Waals surface area contributed by atoms with Gasteiger partial charge < -0.3 is 10.1 Å². The van der Waals surface area contributed by atoms with Gasteiger partial charge in [0.05, 0.1) is 25.8 Å². The first-order valence-electron chi connectivity index (χ1n) is 8.02. The SMILES string of the molecule is CCOc1ccc(/C=N/NC(=O)CNC(=O)Cc2ccccc2)cc1. The highest BCUT2D eigenvalue weighted by atomic mass is 16.5. The van der Waals surface area contributed by atoms with Gasteiger partial charge >= 0.3 is 0 Å². The maximum Gasteiger partial charge on any atom is 0.259 e. The molecule has 0 aliphatic rings. The van der Waals surface area contributed by atoms with Crippen molar-refractivity contribution in [3.05, 3.63) is 65.7 Å². The molecule has 2 N–H and O–H groups in total. The van der Waals surface area contributed by atoms with Crippen LogP contribution in [-0.4, -0.2) is 31.2 Å². The summed E-state index contributed by atoms with van der Waals surface area (Å²) in [4.78, 5) is 23.4. The second kappa shape index (κ2) is 9.87. The summed E-state index contributed by atoms with van der Waals surface area (Å²) < 4.78 is 5.35. The van der Waals surface area contributed by atoms with E-state index in [2.05, 4.69) is 15.8 Å². The Balaban J connectivity index is 1.70. The van der Waals surface area contributed by atoms with Gasteiger partial charge in [0.25, 0.3) is 5.91 Å². The van der Waals surface area contributed by atoms with Gasteiger partial charge in [0.1, 0.15) is 5.75 Å². The molecule has 130 valence electrons. The van der Waals surface area contributed by atoms with Crippen LogP contribution in [0.1, 0.15) is 18.1 Å². The van der Waals surface area contributed by atoms with Gasteiger partial charge in [-0.15, -0.1) is 0 Å². The topological polar surface area (TPSA) is 79.8 Å². The van der Waals surface area contributed by atoms with Gasteiger partial charge in [-0.3, -0.25) is 9.59 Å². The van der Waals surface area contributed by atoms with Gasteiger partial charge in [0, 0.05) is 0 Å². The van der Waals surface area contributed by atoms with Crippen LogP contribution in [0.3, 0.4) is 0 Å². The molecular weight excluding hydrogens is 318 g/mol. The average Bonchev–Trinajstić information content (AvgIpc) is 2.63. The van der Waals surface area contributed by atoms with E-state index in [1.54, 1.807) is 0 Å². The van der Waals surface area contributed by atoms with Gasteiger partial charge in [-0.1, -0.05) is 30.3 Å². The minimum atomic E-state index is -0.386. The second-order valence-electron chi connectivity index (χ2n) is 5.23. The van der Waals surface area contributed by atoms with E-state index in [4.69, 9.17) is 4.74 Å². The third-order valence-corrected chi connectivity index (χ3v) is 3.25. The molecular formula is C19H21N3O3. The van der Waals surface area contributed by atoms with Crippen molar-refractivity contribution in [2.45, 2.75) is 13.3 Å². The quantitative estimate of drug-likeness (QED) is 0.569. The Morgan fingerprint density at radius 3 is 2.44 bits per heavy atom. The fourth-order valence-corrected chi connectivity index (χ4v) is 2.06. The van der Waals surface area contributed by atoms with Crippen LogP contribution < -0.4 is 15.5 Å². The third-order valence-electron chi connectivity index (χ3n) is 3.25. The lowest BCUT2D eigenvalue weighted by molar-refractivity contribution is -0.125. The molecule has 0 bridgehead atoms. The zero-order chi connectivity index (χ0) is 17.9. The van der Waals surface area contributed by atoms with Crippen LogP contribution in [0.4, 0.5) is 0 Å². The Morgan fingerprint density at radius 1 is 1.04 bits per heavy atom. The Morgan fingerprint density at radius 2 is 1.76 bits per heavy atom. The van der Waals surface area contributed by atoms with Crippen molar-refractivity contribution in [1.82, 2.24) is 10.7 Å². The minimum absolute atomic E-state index is 0.119. The number of hydrogen-bond donors (Lipinski definition) is 2. The molecule has 2 rings (SSSR count). The summed E-state index contributed by atoms with van der Waals surface area (Å²) in [6, 6.07) is 16.7. The molecule has 0 aromatic heterocycles. The van der Waals surface area contributed by atoms with E-state index in [0.717, 1.165) is 16.9 Å². The van der Waals surface area contributed by atoms with E-state index in [-0.39, 0.29) is 24.8 Å². The molecule has 25 heavy (non-hydrogen) atoms. The number of nitrogens with zero attached hydrogens (tertiary/aromatic N) is 1. The van der Waals surface area contributed by atoms with Crippen molar-refractivity contribution in [2.75, 3.05) is 13.2 Å². The van der Waals surface area contributed by atoms with Crippen molar-refractivity contribution in [3.63, 3.8) is 0 Å².